The van der Waals surface area contributed by atoms with Gasteiger partial charge in [0.25, 0.3) is 0 Å². The van der Waals surface area contributed by atoms with Crippen LogP contribution < -0.4 is 0 Å². The first kappa shape index (κ1) is 10.4. The molecular formula is C12H22O2. The Balaban J connectivity index is 1.96. The summed E-state index contributed by atoms with van der Waals surface area (Å²) in [7, 11) is 0. The molecule has 0 radical (unpaired) electrons. The zero-order valence-corrected chi connectivity index (χ0v) is 9.11. The molecule has 2 heteroatoms. The summed E-state index contributed by atoms with van der Waals surface area (Å²) in [6.07, 6.45) is 7.46. The first-order valence-electron chi connectivity index (χ1n) is 6.08. The van der Waals surface area contributed by atoms with Crippen molar-refractivity contribution in [2.24, 2.45) is 11.8 Å². The SMILES string of the molecule is C[C@@H]1OCCC[C@H]1[C@@H]1CCCC[C@H]1O. The lowest BCUT2D eigenvalue weighted by Gasteiger charge is -2.39. The van der Waals surface area contributed by atoms with Crippen LogP contribution in [0, 0.1) is 11.8 Å². The Bertz CT molecular complexity index is 161. The van der Waals surface area contributed by atoms with Crippen molar-refractivity contribution in [1.29, 1.82) is 0 Å². The monoisotopic (exact) mass is 198 g/mol. The Hall–Kier alpha value is -0.0800. The van der Waals surface area contributed by atoms with Crippen molar-refractivity contribution < 1.29 is 9.84 Å². The van der Waals surface area contributed by atoms with E-state index in [9.17, 15) is 5.11 Å². The van der Waals surface area contributed by atoms with Gasteiger partial charge in [-0.2, -0.15) is 0 Å². The van der Waals surface area contributed by atoms with Gasteiger partial charge in [-0.3, -0.25) is 0 Å². The first-order valence-corrected chi connectivity index (χ1v) is 6.08. The van der Waals surface area contributed by atoms with E-state index in [2.05, 4.69) is 6.92 Å². The Morgan fingerprint density at radius 2 is 1.71 bits per heavy atom. The van der Waals surface area contributed by atoms with E-state index in [0.29, 0.717) is 17.9 Å². The lowest BCUT2D eigenvalue weighted by Crippen LogP contribution is -2.39. The summed E-state index contributed by atoms with van der Waals surface area (Å²) in [5.74, 6) is 1.12. The summed E-state index contributed by atoms with van der Waals surface area (Å²) >= 11 is 0. The summed E-state index contributed by atoms with van der Waals surface area (Å²) in [5.41, 5.74) is 0. The Morgan fingerprint density at radius 3 is 2.43 bits per heavy atom. The lowest BCUT2D eigenvalue weighted by atomic mass is 9.73. The molecule has 1 aliphatic carbocycles. The van der Waals surface area contributed by atoms with Crippen LogP contribution >= 0.6 is 0 Å². The summed E-state index contributed by atoms with van der Waals surface area (Å²) < 4.78 is 5.68. The van der Waals surface area contributed by atoms with Crippen LogP contribution in [0.3, 0.4) is 0 Å². The van der Waals surface area contributed by atoms with Gasteiger partial charge in [0.15, 0.2) is 0 Å². The summed E-state index contributed by atoms with van der Waals surface area (Å²) in [5, 5.41) is 9.98. The van der Waals surface area contributed by atoms with Gasteiger partial charge in [-0.15, -0.1) is 0 Å². The molecular weight excluding hydrogens is 176 g/mol. The highest BCUT2D eigenvalue weighted by Gasteiger charge is 2.35. The normalized spacial score (nSPS) is 45.0. The Labute approximate surface area is 86.6 Å². The van der Waals surface area contributed by atoms with Gasteiger partial charge in [0, 0.05) is 6.61 Å². The molecule has 1 heterocycles. The molecule has 1 saturated heterocycles. The molecule has 2 nitrogen and oxygen atoms in total. The second-order valence-corrected chi connectivity index (χ2v) is 4.90. The molecule has 2 rings (SSSR count). The lowest BCUT2D eigenvalue weighted by molar-refractivity contribution is -0.0717. The summed E-state index contributed by atoms with van der Waals surface area (Å²) in [6.45, 7) is 3.09. The van der Waals surface area contributed by atoms with Crippen molar-refractivity contribution in [1.82, 2.24) is 0 Å². The van der Waals surface area contributed by atoms with Crippen LogP contribution in [0.5, 0.6) is 0 Å². The van der Waals surface area contributed by atoms with Crippen LogP contribution in [-0.2, 0) is 4.74 Å². The van der Waals surface area contributed by atoms with E-state index in [1.165, 1.54) is 32.1 Å². The van der Waals surface area contributed by atoms with E-state index in [0.717, 1.165) is 13.0 Å². The first-order chi connectivity index (χ1) is 6.79. The zero-order valence-electron chi connectivity index (χ0n) is 9.11. The summed E-state index contributed by atoms with van der Waals surface area (Å²) in [4.78, 5) is 0. The molecule has 0 unspecified atom stereocenters. The third kappa shape index (κ3) is 2.12. The molecule has 4 atom stereocenters. The van der Waals surface area contributed by atoms with Crippen LogP contribution in [-0.4, -0.2) is 23.9 Å². The maximum absolute atomic E-state index is 9.98. The van der Waals surface area contributed by atoms with Crippen LogP contribution in [0.15, 0.2) is 0 Å². The van der Waals surface area contributed by atoms with Gasteiger partial charge < -0.3 is 9.84 Å². The minimum Gasteiger partial charge on any atom is -0.393 e. The molecule has 0 bridgehead atoms. The highest BCUT2D eigenvalue weighted by molar-refractivity contribution is 4.85. The van der Waals surface area contributed by atoms with Crippen LogP contribution in [0.25, 0.3) is 0 Å². The minimum absolute atomic E-state index is 0.0575. The zero-order chi connectivity index (χ0) is 9.97. The number of hydrogen-bond donors (Lipinski definition) is 1. The molecule has 1 saturated carbocycles. The molecule has 0 aromatic heterocycles. The predicted octanol–water partition coefficient (Wildman–Crippen LogP) is 2.35. The predicted molar refractivity (Wildman–Crippen MR) is 56.1 cm³/mol. The molecule has 0 aromatic carbocycles. The van der Waals surface area contributed by atoms with Crippen LogP contribution in [0.1, 0.15) is 45.4 Å². The third-order valence-corrected chi connectivity index (χ3v) is 4.00. The standard InChI is InChI=1S/C12H22O2/c1-9-10(6-4-8-14-9)11-5-2-3-7-12(11)13/h9-13H,2-8H2,1H3/t9-,10+,11-,12+/m0/s1. The maximum atomic E-state index is 9.98. The fourth-order valence-corrected chi connectivity index (χ4v) is 3.15. The van der Waals surface area contributed by atoms with Gasteiger partial charge in [-0.25, -0.2) is 0 Å². The number of ether oxygens (including phenoxy) is 1. The summed E-state index contributed by atoms with van der Waals surface area (Å²) in [6, 6.07) is 0. The van der Waals surface area contributed by atoms with E-state index < -0.39 is 0 Å². The molecule has 82 valence electrons. The van der Waals surface area contributed by atoms with E-state index in [4.69, 9.17) is 4.74 Å². The van der Waals surface area contributed by atoms with Crippen LogP contribution in [0.4, 0.5) is 0 Å². The van der Waals surface area contributed by atoms with Crippen molar-refractivity contribution in [3.63, 3.8) is 0 Å². The van der Waals surface area contributed by atoms with Crippen molar-refractivity contribution in [3.05, 3.63) is 0 Å². The average molecular weight is 198 g/mol. The van der Waals surface area contributed by atoms with Crippen LogP contribution in [0.2, 0.25) is 0 Å². The van der Waals surface area contributed by atoms with Gasteiger partial charge in [0.1, 0.15) is 0 Å². The fraction of sp³-hybridized carbons (Fsp3) is 1.00. The molecule has 0 amide bonds. The van der Waals surface area contributed by atoms with E-state index in [1.54, 1.807) is 0 Å². The third-order valence-electron chi connectivity index (χ3n) is 4.00. The molecule has 1 N–H and O–H groups in total. The van der Waals surface area contributed by atoms with Gasteiger partial charge in [-0.05, 0) is 44.4 Å². The Kier molecular flexibility index (Phi) is 3.45. The largest absolute Gasteiger partial charge is 0.393 e. The van der Waals surface area contributed by atoms with E-state index in [-0.39, 0.29) is 6.10 Å². The van der Waals surface area contributed by atoms with Crippen molar-refractivity contribution in [2.75, 3.05) is 6.61 Å². The highest BCUT2D eigenvalue weighted by atomic mass is 16.5. The minimum atomic E-state index is -0.0575. The highest BCUT2D eigenvalue weighted by Crippen LogP contribution is 2.37. The van der Waals surface area contributed by atoms with Crippen molar-refractivity contribution in [3.8, 4) is 0 Å². The number of hydrogen-bond acceptors (Lipinski definition) is 2. The maximum Gasteiger partial charge on any atom is 0.0578 e. The van der Waals surface area contributed by atoms with E-state index in [1.807, 2.05) is 0 Å². The molecule has 0 aromatic rings. The molecule has 0 spiro atoms. The van der Waals surface area contributed by atoms with Gasteiger partial charge in [-0.1, -0.05) is 12.8 Å². The van der Waals surface area contributed by atoms with Crippen molar-refractivity contribution in [2.45, 2.75) is 57.7 Å². The quantitative estimate of drug-likeness (QED) is 0.701. The second kappa shape index (κ2) is 4.63. The number of aliphatic hydroxyl groups is 1. The van der Waals surface area contributed by atoms with Gasteiger partial charge >= 0.3 is 0 Å². The van der Waals surface area contributed by atoms with E-state index >= 15 is 0 Å². The number of aliphatic hydroxyl groups excluding tert-OH is 1. The topological polar surface area (TPSA) is 29.5 Å². The Morgan fingerprint density at radius 1 is 1.00 bits per heavy atom. The molecule has 14 heavy (non-hydrogen) atoms. The average Bonchev–Trinajstić information content (AvgIpc) is 2.20. The fourth-order valence-electron chi connectivity index (χ4n) is 3.15. The second-order valence-electron chi connectivity index (χ2n) is 4.90. The molecule has 1 aliphatic heterocycles. The van der Waals surface area contributed by atoms with Gasteiger partial charge in [0.05, 0.1) is 12.2 Å². The van der Waals surface area contributed by atoms with Gasteiger partial charge in [0.2, 0.25) is 0 Å². The number of rotatable bonds is 1. The molecule has 2 fully saturated rings. The smallest absolute Gasteiger partial charge is 0.0578 e. The van der Waals surface area contributed by atoms with Crippen molar-refractivity contribution >= 4 is 0 Å². The molecule has 2 aliphatic rings.